The summed E-state index contributed by atoms with van der Waals surface area (Å²) in [6.07, 6.45) is 0.679. The summed E-state index contributed by atoms with van der Waals surface area (Å²) in [5.74, 6) is 0.805. The molecule has 0 spiro atoms. The Hall–Kier alpha value is -2.21. The average molecular weight is 275 g/mol. The van der Waals surface area contributed by atoms with Crippen LogP contribution in [0.2, 0.25) is 0 Å². The van der Waals surface area contributed by atoms with Gasteiger partial charge in [0.05, 0.1) is 18.8 Å². The van der Waals surface area contributed by atoms with Gasteiger partial charge in [0.2, 0.25) is 0 Å². The fraction of sp³-hybridized carbons (Fsp3) is 0.357. The van der Waals surface area contributed by atoms with E-state index < -0.39 is 0 Å². The van der Waals surface area contributed by atoms with E-state index in [9.17, 15) is 4.79 Å². The Morgan fingerprint density at radius 3 is 2.70 bits per heavy atom. The summed E-state index contributed by atoms with van der Waals surface area (Å²) in [5.41, 5.74) is 2.16. The molecule has 20 heavy (non-hydrogen) atoms. The van der Waals surface area contributed by atoms with Gasteiger partial charge in [0.1, 0.15) is 12.4 Å². The molecule has 0 N–H and O–H groups in total. The van der Waals surface area contributed by atoms with Crippen LogP contribution in [-0.4, -0.2) is 35.0 Å². The molecule has 1 aromatic carbocycles. The van der Waals surface area contributed by atoms with Crippen molar-refractivity contribution in [1.29, 1.82) is 0 Å². The van der Waals surface area contributed by atoms with Crippen LogP contribution in [0.25, 0.3) is 0 Å². The van der Waals surface area contributed by atoms with E-state index in [0.29, 0.717) is 37.4 Å². The molecule has 0 aliphatic heterocycles. The maximum atomic E-state index is 10.8. The molecule has 2 rings (SSSR count). The Morgan fingerprint density at radius 1 is 1.30 bits per heavy atom. The molecule has 1 aromatic heterocycles. The molecule has 0 bridgehead atoms. The van der Waals surface area contributed by atoms with Gasteiger partial charge in [0, 0.05) is 7.11 Å². The van der Waals surface area contributed by atoms with E-state index >= 15 is 0 Å². The highest BCUT2D eigenvalue weighted by molar-refractivity contribution is 5.73. The van der Waals surface area contributed by atoms with Crippen molar-refractivity contribution in [3.63, 3.8) is 0 Å². The Kier molecular flexibility index (Phi) is 4.84. The highest BCUT2D eigenvalue weighted by atomic mass is 16.5. The third-order valence-electron chi connectivity index (χ3n) is 2.85. The fourth-order valence-electron chi connectivity index (χ4n) is 1.79. The predicted octanol–water partition coefficient (Wildman–Crippen LogP) is 1.62. The van der Waals surface area contributed by atoms with Crippen molar-refractivity contribution >= 4 is 6.29 Å². The molecule has 106 valence electrons. The van der Waals surface area contributed by atoms with Gasteiger partial charge in [-0.2, -0.15) is 0 Å². The van der Waals surface area contributed by atoms with E-state index in [2.05, 4.69) is 10.3 Å². The first-order valence-corrected chi connectivity index (χ1v) is 6.30. The van der Waals surface area contributed by atoms with Crippen molar-refractivity contribution in [3.8, 4) is 5.75 Å². The van der Waals surface area contributed by atoms with Gasteiger partial charge in [0.15, 0.2) is 12.0 Å². The van der Waals surface area contributed by atoms with E-state index in [4.69, 9.17) is 9.47 Å². The van der Waals surface area contributed by atoms with E-state index in [1.165, 1.54) is 5.56 Å². The van der Waals surface area contributed by atoms with Gasteiger partial charge in [0.25, 0.3) is 0 Å². The molecule has 0 aliphatic carbocycles. The van der Waals surface area contributed by atoms with Gasteiger partial charge in [-0.05, 0) is 19.1 Å². The number of carbonyl (C=O) groups excluding carboxylic acids is 1. The molecule has 6 heteroatoms. The molecule has 2 aromatic rings. The minimum absolute atomic E-state index is 0.297. The molecule has 0 saturated heterocycles. The van der Waals surface area contributed by atoms with Gasteiger partial charge in [-0.15, -0.1) is 5.10 Å². The molecule has 6 nitrogen and oxygen atoms in total. The molecular weight excluding hydrogens is 258 g/mol. The maximum Gasteiger partial charge on any atom is 0.172 e. The van der Waals surface area contributed by atoms with Crippen LogP contribution in [0.4, 0.5) is 0 Å². The van der Waals surface area contributed by atoms with Crippen molar-refractivity contribution in [2.45, 2.75) is 20.1 Å². The molecule has 0 unspecified atom stereocenters. The first kappa shape index (κ1) is 14.2. The topological polar surface area (TPSA) is 66.2 Å². The number of hydrogen-bond acceptors (Lipinski definition) is 5. The van der Waals surface area contributed by atoms with Crippen LogP contribution in [0.1, 0.15) is 21.7 Å². The SMILES string of the molecule is COCc1c(C=O)nnn1CCOc1ccc(C)cc1. The van der Waals surface area contributed by atoms with Crippen LogP contribution in [0.3, 0.4) is 0 Å². The van der Waals surface area contributed by atoms with Crippen LogP contribution >= 0.6 is 0 Å². The van der Waals surface area contributed by atoms with Crippen LogP contribution < -0.4 is 4.74 Å². The predicted molar refractivity (Wildman–Crippen MR) is 72.8 cm³/mol. The van der Waals surface area contributed by atoms with Crippen LogP contribution in [0.5, 0.6) is 5.75 Å². The summed E-state index contributed by atoms with van der Waals surface area (Å²) in [7, 11) is 1.56. The molecule has 0 radical (unpaired) electrons. The Bertz CT molecular complexity index is 564. The Morgan fingerprint density at radius 2 is 2.05 bits per heavy atom. The molecule has 0 amide bonds. The lowest BCUT2D eigenvalue weighted by molar-refractivity contribution is 0.111. The first-order valence-electron chi connectivity index (χ1n) is 6.30. The van der Waals surface area contributed by atoms with Gasteiger partial charge < -0.3 is 9.47 Å². The van der Waals surface area contributed by atoms with Gasteiger partial charge in [-0.3, -0.25) is 4.79 Å². The number of methoxy groups -OCH3 is 1. The number of carbonyl (C=O) groups is 1. The second kappa shape index (κ2) is 6.81. The normalized spacial score (nSPS) is 10.5. The summed E-state index contributed by atoms with van der Waals surface area (Å²) >= 11 is 0. The highest BCUT2D eigenvalue weighted by Gasteiger charge is 2.11. The molecule has 0 aliphatic rings. The smallest absolute Gasteiger partial charge is 0.172 e. The number of hydrogen-bond donors (Lipinski definition) is 0. The average Bonchev–Trinajstić information content (AvgIpc) is 2.84. The second-order valence-electron chi connectivity index (χ2n) is 4.36. The lowest BCUT2D eigenvalue weighted by Crippen LogP contribution is -2.13. The zero-order valence-corrected chi connectivity index (χ0v) is 11.6. The number of nitrogens with zero attached hydrogens (tertiary/aromatic N) is 3. The van der Waals surface area contributed by atoms with Crippen molar-refractivity contribution in [2.75, 3.05) is 13.7 Å². The molecule has 1 heterocycles. The second-order valence-corrected chi connectivity index (χ2v) is 4.36. The summed E-state index contributed by atoms with van der Waals surface area (Å²) in [6.45, 7) is 3.28. The molecule has 0 fully saturated rings. The Labute approximate surface area is 117 Å². The number of ether oxygens (including phenoxy) is 2. The summed E-state index contributed by atoms with van der Waals surface area (Å²) in [6, 6.07) is 7.82. The number of aryl methyl sites for hydroxylation is 1. The number of benzene rings is 1. The minimum Gasteiger partial charge on any atom is -0.492 e. The van der Waals surface area contributed by atoms with Crippen molar-refractivity contribution in [2.24, 2.45) is 0 Å². The monoisotopic (exact) mass is 275 g/mol. The van der Waals surface area contributed by atoms with E-state index in [1.54, 1.807) is 11.8 Å². The first-order chi connectivity index (χ1) is 9.74. The lowest BCUT2D eigenvalue weighted by Gasteiger charge is -2.08. The van der Waals surface area contributed by atoms with Crippen molar-refractivity contribution in [3.05, 3.63) is 41.2 Å². The third kappa shape index (κ3) is 3.42. The Balaban J connectivity index is 1.95. The van der Waals surface area contributed by atoms with E-state index in [-0.39, 0.29) is 0 Å². The number of aromatic nitrogens is 3. The third-order valence-corrected chi connectivity index (χ3v) is 2.85. The van der Waals surface area contributed by atoms with Crippen molar-refractivity contribution < 1.29 is 14.3 Å². The van der Waals surface area contributed by atoms with Crippen LogP contribution in [0.15, 0.2) is 24.3 Å². The quantitative estimate of drug-likeness (QED) is 0.718. The number of aldehydes is 1. The largest absolute Gasteiger partial charge is 0.492 e. The fourth-order valence-corrected chi connectivity index (χ4v) is 1.79. The van der Waals surface area contributed by atoms with Gasteiger partial charge in [-0.25, -0.2) is 4.68 Å². The van der Waals surface area contributed by atoms with Crippen molar-refractivity contribution in [1.82, 2.24) is 15.0 Å². The van der Waals surface area contributed by atoms with E-state index in [0.717, 1.165) is 5.75 Å². The maximum absolute atomic E-state index is 10.8. The summed E-state index contributed by atoms with van der Waals surface area (Å²) < 4.78 is 12.3. The molecule has 0 saturated carbocycles. The minimum atomic E-state index is 0.297. The lowest BCUT2D eigenvalue weighted by atomic mass is 10.2. The standard InChI is InChI=1S/C14H17N3O3/c1-11-3-5-12(6-4-11)20-8-7-17-14(10-19-2)13(9-18)15-16-17/h3-6,9H,7-8,10H2,1-2H3. The zero-order valence-electron chi connectivity index (χ0n) is 11.6. The molecule has 0 atom stereocenters. The van der Waals surface area contributed by atoms with E-state index in [1.807, 2.05) is 31.2 Å². The number of rotatable bonds is 7. The highest BCUT2D eigenvalue weighted by Crippen LogP contribution is 2.11. The zero-order chi connectivity index (χ0) is 14.4. The van der Waals surface area contributed by atoms with Gasteiger partial charge in [-0.1, -0.05) is 22.9 Å². The summed E-state index contributed by atoms with van der Waals surface area (Å²) in [4.78, 5) is 10.8. The van der Waals surface area contributed by atoms with Crippen LogP contribution in [0, 0.1) is 6.92 Å². The van der Waals surface area contributed by atoms with Gasteiger partial charge >= 0.3 is 0 Å². The molecular formula is C14H17N3O3. The van der Waals surface area contributed by atoms with Crippen LogP contribution in [-0.2, 0) is 17.9 Å². The summed E-state index contributed by atoms with van der Waals surface area (Å²) in [5, 5.41) is 7.73.